The number of likely N-dealkylation sites (tertiary alicyclic amines) is 1. The van der Waals surface area contributed by atoms with E-state index in [2.05, 4.69) is 9.97 Å². The van der Waals surface area contributed by atoms with Gasteiger partial charge >= 0.3 is 0 Å². The Morgan fingerprint density at radius 3 is 2.86 bits per heavy atom. The molecule has 0 unspecified atom stereocenters. The number of aromatic nitrogens is 3. The summed E-state index contributed by atoms with van der Waals surface area (Å²) in [5.74, 6) is 0.738. The molecule has 0 bridgehead atoms. The van der Waals surface area contributed by atoms with E-state index in [1.165, 1.54) is 0 Å². The number of rotatable bonds is 5. The van der Waals surface area contributed by atoms with Gasteiger partial charge in [0.2, 0.25) is 11.8 Å². The van der Waals surface area contributed by atoms with Crippen molar-refractivity contribution >= 4 is 12.4 Å². The Morgan fingerprint density at radius 2 is 2.21 bits per heavy atom. The second-order valence-corrected chi connectivity index (χ2v) is 7.14. The van der Waals surface area contributed by atoms with E-state index in [0.717, 1.165) is 32.2 Å². The summed E-state index contributed by atoms with van der Waals surface area (Å²) in [6.45, 7) is 0.782. The first-order chi connectivity index (χ1) is 14.1. The molecule has 0 spiro atoms. The van der Waals surface area contributed by atoms with Crippen LogP contribution >= 0.6 is 0 Å². The molecule has 2 aliphatic rings. The maximum absolute atomic E-state index is 12.9. The normalized spacial score (nSPS) is 25.5. The van der Waals surface area contributed by atoms with Gasteiger partial charge in [-0.05, 0) is 25.3 Å². The fourth-order valence-corrected chi connectivity index (χ4v) is 4.28. The Bertz CT molecular complexity index is 785. The van der Waals surface area contributed by atoms with Crippen molar-refractivity contribution in [2.75, 3.05) is 13.7 Å². The molecule has 0 radical (unpaired) electrons. The minimum Gasteiger partial charge on any atom is -0.483 e. The van der Waals surface area contributed by atoms with Crippen molar-refractivity contribution in [1.82, 2.24) is 19.4 Å². The number of fused-ring (bicyclic) bond motifs is 1. The van der Waals surface area contributed by atoms with Crippen LogP contribution in [0.15, 0.2) is 43.1 Å². The minimum absolute atomic E-state index is 0.0333. The first-order valence-corrected chi connectivity index (χ1v) is 9.58. The van der Waals surface area contributed by atoms with Gasteiger partial charge in [0.1, 0.15) is 12.6 Å². The standard InChI is InChI=1S/C19H24N4O3.CH2O2/c1-25-19-6-5-15(26-17-4-2-3-8-21-17)12-16(19)23(10-7-19)18(24)13-22-11-9-20-14-22;2-1-3/h2-4,8-9,11,14-16H,5-7,10,12-13H2,1H3;1H,(H,2,3)/t15-,16+,19-;/m1./s1. The van der Waals surface area contributed by atoms with Gasteiger partial charge in [-0.3, -0.25) is 9.59 Å². The molecule has 9 heteroatoms. The zero-order chi connectivity index (χ0) is 20.7. The first-order valence-electron chi connectivity index (χ1n) is 9.58. The number of carboxylic acid groups (broad SMARTS) is 1. The lowest BCUT2D eigenvalue weighted by molar-refractivity contribution is -0.140. The van der Waals surface area contributed by atoms with Crippen LogP contribution < -0.4 is 4.74 Å². The maximum atomic E-state index is 12.9. The molecule has 156 valence electrons. The molecule has 1 aliphatic heterocycles. The smallest absolute Gasteiger partial charge is 0.290 e. The van der Waals surface area contributed by atoms with Crippen LogP contribution in [0.1, 0.15) is 25.7 Å². The summed E-state index contributed by atoms with van der Waals surface area (Å²) in [5.41, 5.74) is -0.255. The Hall–Kier alpha value is -2.94. The van der Waals surface area contributed by atoms with Crippen LogP contribution in [0.4, 0.5) is 0 Å². The molecule has 1 N–H and O–H groups in total. The van der Waals surface area contributed by atoms with Crippen LogP contribution in [0.2, 0.25) is 0 Å². The van der Waals surface area contributed by atoms with Crippen molar-refractivity contribution < 1.29 is 24.2 Å². The fourth-order valence-electron chi connectivity index (χ4n) is 4.28. The molecular formula is C20H26N4O5. The van der Waals surface area contributed by atoms with E-state index in [9.17, 15) is 4.79 Å². The van der Waals surface area contributed by atoms with E-state index in [0.29, 0.717) is 12.4 Å². The summed E-state index contributed by atoms with van der Waals surface area (Å²) in [6.07, 6.45) is 10.4. The Labute approximate surface area is 169 Å². The molecule has 2 aromatic rings. The van der Waals surface area contributed by atoms with Gasteiger partial charge < -0.3 is 24.0 Å². The number of carbonyl (C=O) groups excluding carboxylic acids is 1. The molecule has 0 aromatic carbocycles. The molecule has 2 fully saturated rings. The van der Waals surface area contributed by atoms with E-state index in [4.69, 9.17) is 19.4 Å². The van der Waals surface area contributed by atoms with Gasteiger partial charge in [0, 0.05) is 44.7 Å². The third kappa shape index (κ3) is 4.73. The number of hydrogen-bond acceptors (Lipinski definition) is 6. The van der Waals surface area contributed by atoms with Crippen molar-refractivity contribution in [2.24, 2.45) is 0 Å². The zero-order valence-corrected chi connectivity index (χ0v) is 16.4. The number of ether oxygens (including phenoxy) is 2. The molecule has 29 heavy (non-hydrogen) atoms. The summed E-state index contributed by atoms with van der Waals surface area (Å²) < 4.78 is 13.8. The molecule has 2 aromatic heterocycles. The second-order valence-electron chi connectivity index (χ2n) is 7.14. The van der Waals surface area contributed by atoms with Crippen molar-refractivity contribution in [3.05, 3.63) is 43.1 Å². The number of methoxy groups -OCH3 is 1. The highest BCUT2D eigenvalue weighted by atomic mass is 16.5. The number of nitrogens with zero attached hydrogens (tertiary/aromatic N) is 4. The molecule has 1 aliphatic carbocycles. The molecule has 1 saturated carbocycles. The Morgan fingerprint density at radius 1 is 1.38 bits per heavy atom. The highest BCUT2D eigenvalue weighted by Gasteiger charge is 2.52. The summed E-state index contributed by atoms with van der Waals surface area (Å²) >= 11 is 0. The van der Waals surface area contributed by atoms with Crippen LogP contribution in [0.25, 0.3) is 0 Å². The number of hydrogen-bond donors (Lipinski definition) is 1. The summed E-state index contributed by atoms with van der Waals surface area (Å²) in [4.78, 5) is 31.5. The molecular weight excluding hydrogens is 376 g/mol. The minimum atomic E-state index is -0.255. The van der Waals surface area contributed by atoms with Crippen LogP contribution in [-0.4, -0.2) is 68.3 Å². The van der Waals surface area contributed by atoms with Gasteiger partial charge in [-0.25, -0.2) is 9.97 Å². The number of amides is 1. The highest BCUT2D eigenvalue weighted by Crippen LogP contribution is 2.43. The van der Waals surface area contributed by atoms with Crippen LogP contribution in [0, 0.1) is 0 Å². The highest BCUT2D eigenvalue weighted by molar-refractivity contribution is 5.77. The van der Waals surface area contributed by atoms with Crippen molar-refractivity contribution in [3.8, 4) is 5.88 Å². The number of pyridine rings is 1. The zero-order valence-electron chi connectivity index (χ0n) is 16.4. The average molecular weight is 402 g/mol. The predicted molar refractivity (Wildman–Crippen MR) is 103 cm³/mol. The van der Waals surface area contributed by atoms with E-state index < -0.39 is 0 Å². The van der Waals surface area contributed by atoms with Gasteiger partial charge in [0.25, 0.3) is 6.47 Å². The first kappa shape index (κ1) is 20.8. The predicted octanol–water partition coefficient (Wildman–Crippen LogP) is 1.60. The summed E-state index contributed by atoms with van der Waals surface area (Å²) in [6, 6.07) is 5.69. The largest absolute Gasteiger partial charge is 0.483 e. The number of carbonyl (C=O) groups is 2. The third-order valence-electron chi connectivity index (χ3n) is 5.66. The molecule has 3 atom stereocenters. The van der Waals surface area contributed by atoms with Crippen LogP contribution in [0.5, 0.6) is 5.88 Å². The van der Waals surface area contributed by atoms with E-state index in [1.54, 1.807) is 30.4 Å². The van der Waals surface area contributed by atoms with Crippen molar-refractivity contribution in [1.29, 1.82) is 0 Å². The lowest BCUT2D eigenvalue weighted by Gasteiger charge is -2.43. The topological polar surface area (TPSA) is 107 Å². The van der Waals surface area contributed by atoms with Crippen molar-refractivity contribution in [2.45, 2.75) is 50.0 Å². The third-order valence-corrected chi connectivity index (χ3v) is 5.66. The lowest BCUT2D eigenvalue weighted by Crippen LogP contribution is -2.54. The van der Waals surface area contributed by atoms with Gasteiger partial charge in [-0.2, -0.15) is 0 Å². The number of imidazole rings is 1. The molecule has 1 saturated heterocycles. The second kappa shape index (κ2) is 9.51. The lowest BCUT2D eigenvalue weighted by atomic mass is 9.79. The SMILES string of the molecule is CO[C@@]12CC[C@@H](Oc3ccccn3)C[C@@H]1N(C(=O)Cn1ccnc1)CC2.O=CO. The summed E-state index contributed by atoms with van der Waals surface area (Å²) in [5, 5.41) is 6.89. The summed E-state index contributed by atoms with van der Waals surface area (Å²) in [7, 11) is 1.76. The van der Waals surface area contributed by atoms with Crippen molar-refractivity contribution in [3.63, 3.8) is 0 Å². The monoisotopic (exact) mass is 402 g/mol. The van der Waals surface area contributed by atoms with Gasteiger partial charge in [-0.1, -0.05) is 6.07 Å². The van der Waals surface area contributed by atoms with Crippen LogP contribution in [0.3, 0.4) is 0 Å². The Kier molecular flexibility index (Phi) is 6.82. The quantitative estimate of drug-likeness (QED) is 0.757. The molecule has 3 heterocycles. The van der Waals surface area contributed by atoms with Gasteiger partial charge in [0.15, 0.2) is 0 Å². The maximum Gasteiger partial charge on any atom is 0.290 e. The van der Waals surface area contributed by atoms with E-state index in [-0.39, 0.29) is 30.1 Å². The Balaban J connectivity index is 0.000000755. The molecule has 9 nitrogen and oxygen atoms in total. The molecule has 1 amide bonds. The fraction of sp³-hybridized carbons (Fsp3) is 0.500. The van der Waals surface area contributed by atoms with Crippen LogP contribution in [-0.2, 0) is 20.9 Å². The van der Waals surface area contributed by atoms with Gasteiger partial charge in [0.05, 0.1) is 18.0 Å². The van der Waals surface area contributed by atoms with E-state index >= 15 is 0 Å². The molecule has 4 rings (SSSR count). The van der Waals surface area contributed by atoms with E-state index in [1.807, 2.05) is 29.3 Å². The van der Waals surface area contributed by atoms with Gasteiger partial charge in [-0.15, -0.1) is 0 Å². The average Bonchev–Trinajstić information content (AvgIpc) is 3.37.